The summed E-state index contributed by atoms with van der Waals surface area (Å²) >= 11 is 0. The van der Waals surface area contributed by atoms with E-state index in [1.54, 1.807) is 18.5 Å². The topological polar surface area (TPSA) is 58.9 Å². The Morgan fingerprint density at radius 3 is 2.25 bits per heavy atom. The Bertz CT molecular complexity index is 714. The Labute approximate surface area is 116 Å². The lowest BCUT2D eigenvalue weighted by atomic mass is 10.1. The van der Waals surface area contributed by atoms with E-state index in [4.69, 9.17) is 0 Å². The van der Waals surface area contributed by atoms with Crippen LogP contribution in [0.25, 0.3) is 22.8 Å². The molecule has 0 bridgehead atoms. The molecule has 0 aliphatic heterocycles. The zero-order valence-corrected chi connectivity index (χ0v) is 10.8. The van der Waals surface area contributed by atoms with E-state index in [1.807, 2.05) is 42.5 Å². The second-order valence-corrected chi connectivity index (χ2v) is 4.33. The van der Waals surface area contributed by atoms with Crippen molar-refractivity contribution in [3.05, 3.63) is 66.5 Å². The Morgan fingerprint density at radius 1 is 0.750 bits per heavy atom. The highest BCUT2D eigenvalue weighted by atomic mass is 16.3. The monoisotopic (exact) mass is 263 g/mol. The lowest BCUT2D eigenvalue weighted by molar-refractivity contribution is 0.282. The molecular weight excluding hydrogens is 250 g/mol. The predicted octanol–water partition coefficient (Wildman–Crippen LogP) is 2.70. The van der Waals surface area contributed by atoms with Gasteiger partial charge < -0.3 is 5.11 Å². The van der Waals surface area contributed by atoms with Crippen molar-refractivity contribution in [2.75, 3.05) is 0 Å². The van der Waals surface area contributed by atoms with Crippen molar-refractivity contribution in [1.82, 2.24) is 15.0 Å². The maximum Gasteiger partial charge on any atom is 0.0894 e. The molecular formula is C16H13N3O. The van der Waals surface area contributed by atoms with Gasteiger partial charge in [-0.2, -0.15) is 0 Å². The molecule has 0 saturated carbocycles. The molecule has 0 unspecified atom stereocenters. The van der Waals surface area contributed by atoms with E-state index in [0.717, 1.165) is 28.3 Å². The second kappa shape index (κ2) is 5.59. The van der Waals surface area contributed by atoms with Gasteiger partial charge in [-0.1, -0.05) is 12.1 Å². The Morgan fingerprint density at radius 2 is 1.50 bits per heavy atom. The Kier molecular flexibility index (Phi) is 3.48. The van der Waals surface area contributed by atoms with Crippen LogP contribution in [0.4, 0.5) is 0 Å². The van der Waals surface area contributed by atoms with Crippen LogP contribution in [0.5, 0.6) is 0 Å². The number of aliphatic hydroxyl groups is 1. The molecule has 3 rings (SSSR count). The average molecular weight is 263 g/mol. The normalized spacial score (nSPS) is 10.4. The molecule has 0 saturated heterocycles. The van der Waals surface area contributed by atoms with Crippen LogP contribution in [-0.4, -0.2) is 20.1 Å². The van der Waals surface area contributed by atoms with Gasteiger partial charge in [0.2, 0.25) is 0 Å². The molecule has 0 aromatic carbocycles. The van der Waals surface area contributed by atoms with Crippen molar-refractivity contribution in [3.8, 4) is 22.8 Å². The summed E-state index contributed by atoms with van der Waals surface area (Å²) in [7, 11) is 0. The van der Waals surface area contributed by atoms with E-state index >= 15 is 0 Å². The standard InChI is InChI=1S/C16H13N3O/c20-11-12-7-9-18-16(10-12)15-6-3-5-14(19-15)13-4-1-2-8-17-13/h1-10,20H,11H2. The summed E-state index contributed by atoms with van der Waals surface area (Å²) in [5, 5.41) is 9.18. The number of hydrogen-bond donors (Lipinski definition) is 1. The quantitative estimate of drug-likeness (QED) is 0.789. The number of nitrogens with zero attached hydrogens (tertiary/aromatic N) is 3. The van der Waals surface area contributed by atoms with E-state index in [-0.39, 0.29) is 6.61 Å². The molecule has 4 nitrogen and oxygen atoms in total. The van der Waals surface area contributed by atoms with Crippen molar-refractivity contribution in [3.63, 3.8) is 0 Å². The van der Waals surface area contributed by atoms with Crippen LogP contribution in [0.3, 0.4) is 0 Å². The first-order valence-electron chi connectivity index (χ1n) is 6.31. The molecule has 3 aromatic heterocycles. The third-order valence-electron chi connectivity index (χ3n) is 2.95. The van der Waals surface area contributed by atoms with Gasteiger partial charge in [-0.25, -0.2) is 4.98 Å². The second-order valence-electron chi connectivity index (χ2n) is 4.33. The minimum atomic E-state index is -0.00451. The van der Waals surface area contributed by atoms with Gasteiger partial charge in [0, 0.05) is 12.4 Å². The van der Waals surface area contributed by atoms with Crippen molar-refractivity contribution >= 4 is 0 Å². The van der Waals surface area contributed by atoms with Crippen LogP contribution in [-0.2, 0) is 6.61 Å². The third-order valence-corrected chi connectivity index (χ3v) is 2.95. The molecule has 3 aromatic rings. The van der Waals surface area contributed by atoms with Gasteiger partial charge in [-0.15, -0.1) is 0 Å². The maximum atomic E-state index is 9.18. The molecule has 0 aliphatic carbocycles. The first kappa shape index (κ1) is 12.4. The molecule has 4 heteroatoms. The smallest absolute Gasteiger partial charge is 0.0894 e. The average Bonchev–Trinajstić information content (AvgIpc) is 2.56. The summed E-state index contributed by atoms with van der Waals surface area (Å²) in [6.07, 6.45) is 3.42. The van der Waals surface area contributed by atoms with Crippen LogP contribution in [0.15, 0.2) is 60.9 Å². The van der Waals surface area contributed by atoms with Crippen LogP contribution in [0, 0.1) is 0 Å². The van der Waals surface area contributed by atoms with Gasteiger partial charge in [0.15, 0.2) is 0 Å². The highest BCUT2D eigenvalue weighted by Gasteiger charge is 2.05. The van der Waals surface area contributed by atoms with E-state index in [2.05, 4.69) is 15.0 Å². The molecule has 98 valence electrons. The Hall–Kier alpha value is -2.59. The summed E-state index contributed by atoms with van der Waals surface area (Å²) < 4.78 is 0. The van der Waals surface area contributed by atoms with E-state index in [1.165, 1.54) is 0 Å². The minimum absolute atomic E-state index is 0.00451. The number of rotatable bonds is 3. The number of pyridine rings is 3. The Balaban J connectivity index is 2.03. The molecule has 0 fully saturated rings. The van der Waals surface area contributed by atoms with E-state index < -0.39 is 0 Å². The van der Waals surface area contributed by atoms with Gasteiger partial charge in [-0.05, 0) is 42.0 Å². The van der Waals surface area contributed by atoms with Gasteiger partial charge >= 0.3 is 0 Å². The van der Waals surface area contributed by atoms with Gasteiger partial charge in [-0.3, -0.25) is 9.97 Å². The fourth-order valence-electron chi connectivity index (χ4n) is 1.95. The van der Waals surface area contributed by atoms with Crippen molar-refractivity contribution in [1.29, 1.82) is 0 Å². The number of aliphatic hydroxyl groups excluding tert-OH is 1. The molecule has 1 N–H and O–H groups in total. The summed E-state index contributed by atoms with van der Waals surface area (Å²) in [6.45, 7) is -0.00451. The molecule has 0 amide bonds. The minimum Gasteiger partial charge on any atom is -0.392 e. The predicted molar refractivity (Wildman–Crippen MR) is 76.6 cm³/mol. The first-order chi connectivity index (χ1) is 9.86. The van der Waals surface area contributed by atoms with E-state index in [9.17, 15) is 5.11 Å². The van der Waals surface area contributed by atoms with Crippen molar-refractivity contribution in [2.45, 2.75) is 6.61 Å². The molecule has 20 heavy (non-hydrogen) atoms. The molecule has 0 radical (unpaired) electrons. The molecule has 0 aliphatic rings. The SMILES string of the molecule is OCc1ccnc(-c2cccc(-c3ccccn3)n2)c1. The summed E-state index contributed by atoms with van der Waals surface area (Å²) in [4.78, 5) is 13.2. The first-order valence-corrected chi connectivity index (χ1v) is 6.31. The van der Waals surface area contributed by atoms with Crippen LogP contribution in [0.2, 0.25) is 0 Å². The van der Waals surface area contributed by atoms with E-state index in [0.29, 0.717) is 0 Å². The van der Waals surface area contributed by atoms with Gasteiger partial charge in [0.25, 0.3) is 0 Å². The molecule has 0 spiro atoms. The third kappa shape index (κ3) is 2.55. The van der Waals surface area contributed by atoms with Crippen LogP contribution < -0.4 is 0 Å². The van der Waals surface area contributed by atoms with Crippen LogP contribution in [0.1, 0.15) is 5.56 Å². The summed E-state index contributed by atoms with van der Waals surface area (Å²) in [6, 6.07) is 15.1. The zero-order valence-electron chi connectivity index (χ0n) is 10.8. The fourth-order valence-corrected chi connectivity index (χ4v) is 1.95. The molecule has 3 heterocycles. The number of hydrogen-bond acceptors (Lipinski definition) is 4. The fraction of sp³-hybridized carbons (Fsp3) is 0.0625. The molecule has 0 atom stereocenters. The van der Waals surface area contributed by atoms with Crippen LogP contribution >= 0.6 is 0 Å². The van der Waals surface area contributed by atoms with Crippen molar-refractivity contribution in [2.24, 2.45) is 0 Å². The van der Waals surface area contributed by atoms with Gasteiger partial charge in [0.1, 0.15) is 0 Å². The number of aromatic nitrogens is 3. The zero-order chi connectivity index (χ0) is 13.8. The van der Waals surface area contributed by atoms with Crippen molar-refractivity contribution < 1.29 is 5.11 Å². The lowest BCUT2D eigenvalue weighted by Crippen LogP contribution is -1.93. The summed E-state index contributed by atoms with van der Waals surface area (Å²) in [5.41, 5.74) is 3.96. The lowest BCUT2D eigenvalue weighted by Gasteiger charge is -2.05. The largest absolute Gasteiger partial charge is 0.392 e. The summed E-state index contributed by atoms with van der Waals surface area (Å²) in [5.74, 6) is 0. The highest BCUT2D eigenvalue weighted by molar-refractivity contribution is 5.61. The van der Waals surface area contributed by atoms with Gasteiger partial charge in [0.05, 0.1) is 29.4 Å². The maximum absolute atomic E-state index is 9.18. The highest BCUT2D eigenvalue weighted by Crippen LogP contribution is 2.20.